The van der Waals surface area contributed by atoms with Gasteiger partial charge in [0.1, 0.15) is 11.5 Å². The molecule has 2 aromatic rings. The Kier molecular flexibility index (Phi) is 9.55. The average Bonchev–Trinajstić information content (AvgIpc) is 3.18. The zero-order valence-electron chi connectivity index (χ0n) is 28.3. The van der Waals surface area contributed by atoms with Crippen LogP contribution in [0.3, 0.4) is 0 Å². The van der Waals surface area contributed by atoms with E-state index in [0.29, 0.717) is 49.3 Å². The quantitative estimate of drug-likeness (QED) is 0.358. The summed E-state index contributed by atoms with van der Waals surface area (Å²) in [5.41, 5.74) is 3.45. The van der Waals surface area contributed by atoms with E-state index < -0.39 is 15.6 Å². The van der Waals surface area contributed by atoms with Gasteiger partial charge in [0.2, 0.25) is 5.91 Å². The van der Waals surface area contributed by atoms with Gasteiger partial charge in [-0.3, -0.25) is 9.59 Å². The van der Waals surface area contributed by atoms with Crippen LogP contribution in [0.25, 0.3) is 0 Å². The van der Waals surface area contributed by atoms with Gasteiger partial charge in [-0.1, -0.05) is 36.7 Å². The number of anilines is 1. The monoisotopic (exact) mass is 704 g/mol. The molecule has 0 radical (unpaired) electrons. The second-order valence-corrected chi connectivity index (χ2v) is 17.6. The summed E-state index contributed by atoms with van der Waals surface area (Å²) in [5.74, 6) is 0.000166. The molecule has 1 saturated heterocycles. The molecule has 0 aromatic heterocycles. The lowest BCUT2D eigenvalue weighted by Crippen LogP contribution is -2.51. The van der Waals surface area contributed by atoms with E-state index in [1.165, 1.54) is 16.0 Å². The molecule has 3 heterocycles. The van der Waals surface area contributed by atoms with Gasteiger partial charge in [0, 0.05) is 55.0 Å². The molecule has 1 saturated carbocycles. The Bertz CT molecular complexity index is 1830. The Hall–Kier alpha value is -3.39. The third-order valence-electron chi connectivity index (χ3n) is 11.3. The Morgan fingerprint density at radius 3 is 2.80 bits per heavy atom. The standard InChI is InChI=1S/C38H45ClN4O5S/c1-25-5-3-7-34(47-2)31-11-8-29(31)20-43-23-38(14-4-6-27-15-30(39)10-12-32(27)38)24-48-35-13-9-28(16-33(35)43)37(45)41-49(46,21-25)22-36(44)42-18-26(17-40)19-42/h3,7,9-10,12-13,15-16,25-26,29,31,34H,4-6,8,11,14,18-24H2,1-2H3/b7-3+/t25-,29-,31+,34-,38-,49+/m0/s1. The molecule has 2 amide bonds. The highest BCUT2D eigenvalue weighted by molar-refractivity contribution is 7.94. The van der Waals surface area contributed by atoms with E-state index >= 15 is 0 Å². The van der Waals surface area contributed by atoms with Crippen LogP contribution < -0.4 is 9.64 Å². The van der Waals surface area contributed by atoms with Crippen molar-refractivity contribution in [1.82, 2.24) is 4.90 Å². The molecular weight excluding hydrogens is 660 g/mol. The predicted molar refractivity (Wildman–Crippen MR) is 190 cm³/mol. The fraction of sp³-hybridized carbons (Fsp3) is 0.553. The number of methoxy groups -OCH3 is 1. The summed E-state index contributed by atoms with van der Waals surface area (Å²) in [6.45, 7) is 4.63. The number of nitriles is 1. The van der Waals surface area contributed by atoms with Gasteiger partial charge in [-0.05, 0) is 97.7 Å². The van der Waals surface area contributed by atoms with E-state index in [1.54, 1.807) is 13.2 Å². The van der Waals surface area contributed by atoms with Crippen molar-refractivity contribution in [2.24, 2.45) is 28.0 Å². The first kappa shape index (κ1) is 34.1. The molecule has 1 spiro atoms. The van der Waals surface area contributed by atoms with Gasteiger partial charge >= 0.3 is 0 Å². The predicted octanol–water partition coefficient (Wildman–Crippen LogP) is 6.04. The number of likely N-dealkylation sites (tertiary alicyclic amines) is 1. The molecule has 260 valence electrons. The first-order valence-electron chi connectivity index (χ1n) is 17.5. The fourth-order valence-electron chi connectivity index (χ4n) is 8.52. The lowest BCUT2D eigenvalue weighted by molar-refractivity contribution is -0.133. The van der Waals surface area contributed by atoms with E-state index in [9.17, 15) is 19.1 Å². The van der Waals surface area contributed by atoms with Gasteiger partial charge in [-0.15, -0.1) is 0 Å². The van der Waals surface area contributed by atoms with E-state index in [0.717, 1.165) is 55.9 Å². The van der Waals surface area contributed by atoms with Crippen LogP contribution in [0, 0.1) is 35.0 Å². The van der Waals surface area contributed by atoms with Crippen molar-refractivity contribution in [1.29, 1.82) is 5.26 Å². The van der Waals surface area contributed by atoms with Crippen molar-refractivity contribution in [3.8, 4) is 11.8 Å². The third kappa shape index (κ3) is 6.87. The number of rotatable bonds is 3. The Morgan fingerprint density at radius 1 is 1.20 bits per heavy atom. The number of carbonyl (C=O) groups excluding carboxylic acids is 2. The van der Waals surface area contributed by atoms with Crippen molar-refractivity contribution >= 4 is 38.8 Å². The second kappa shape index (κ2) is 13.7. The Labute approximate surface area is 294 Å². The smallest absolute Gasteiger partial charge is 0.285 e. The summed E-state index contributed by atoms with van der Waals surface area (Å²) in [4.78, 5) is 31.1. The molecule has 2 fully saturated rings. The van der Waals surface area contributed by atoms with Gasteiger partial charge in [-0.25, -0.2) is 4.21 Å². The van der Waals surface area contributed by atoms with Gasteiger partial charge < -0.3 is 19.3 Å². The highest BCUT2D eigenvalue weighted by Gasteiger charge is 2.44. The third-order valence-corrected chi connectivity index (χ3v) is 13.9. The minimum atomic E-state index is -3.26. The number of carbonyl (C=O) groups is 2. The molecule has 7 rings (SSSR count). The number of allylic oxidation sites excluding steroid dienone is 1. The minimum absolute atomic E-state index is 0.0453. The largest absolute Gasteiger partial charge is 0.490 e. The normalized spacial score (nSPS) is 32.2. The van der Waals surface area contributed by atoms with E-state index in [-0.39, 0.29) is 40.8 Å². The zero-order valence-corrected chi connectivity index (χ0v) is 29.9. The molecule has 5 aliphatic rings. The van der Waals surface area contributed by atoms with Crippen molar-refractivity contribution in [2.45, 2.75) is 57.0 Å². The number of fused-ring (bicyclic) bond motifs is 4. The van der Waals surface area contributed by atoms with Gasteiger partial charge in [0.25, 0.3) is 5.91 Å². The maximum Gasteiger partial charge on any atom is 0.285 e. The van der Waals surface area contributed by atoms with Crippen LogP contribution in [-0.4, -0.2) is 78.4 Å². The highest BCUT2D eigenvalue weighted by Crippen LogP contribution is 2.47. The number of benzene rings is 2. The topological polar surface area (TPSA) is 112 Å². The first-order chi connectivity index (χ1) is 23.6. The van der Waals surface area contributed by atoms with Crippen LogP contribution in [0.1, 0.15) is 60.5 Å². The number of hydrogen-bond acceptors (Lipinski definition) is 7. The molecular formula is C38H45ClN4O5S. The maximum absolute atomic E-state index is 14.5. The van der Waals surface area contributed by atoms with Crippen LogP contribution in [0.2, 0.25) is 5.02 Å². The molecule has 0 unspecified atom stereocenters. The van der Waals surface area contributed by atoms with E-state index in [2.05, 4.69) is 39.6 Å². The number of halogens is 1. The minimum Gasteiger partial charge on any atom is -0.490 e. The summed E-state index contributed by atoms with van der Waals surface area (Å²) >= 11 is 6.45. The molecule has 2 bridgehead atoms. The van der Waals surface area contributed by atoms with Crippen molar-refractivity contribution in [3.63, 3.8) is 0 Å². The average molecular weight is 705 g/mol. The fourth-order valence-corrected chi connectivity index (χ4v) is 11.0. The molecule has 9 nitrogen and oxygen atoms in total. The van der Waals surface area contributed by atoms with Gasteiger partial charge in [0.05, 0.1) is 40.1 Å². The summed E-state index contributed by atoms with van der Waals surface area (Å²) < 4.78 is 31.5. The number of hydrogen-bond donors (Lipinski definition) is 0. The molecule has 2 aromatic carbocycles. The van der Waals surface area contributed by atoms with E-state index in [1.807, 2.05) is 25.1 Å². The summed E-state index contributed by atoms with van der Waals surface area (Å²) in [6, 6.07) is 13.8. The lowest BCUT2D eigenvalue weighted by Gasteiger charge is -2.46. The molecule has 0 N–H and O–H groups in total. The second-order valence-electron chi connectivity index (χ2n) is 14.9. The van der Waals surface area contributed by atoms with Gasteiger partial charge in [0.15, 0.2) is 0 Å². The lowest BCUT2D eigenvalue weighted by atomic mass is 9.68. The van der Waals surface area contributed by atoms with Crippen molar-refractivity contribution in [2.75, 3.05) is 56.3 Å². The maximum atomic E-state index is 14.5. The number of aryl methyl sites for hydroxylation is 1. The highest BCUT2D eigenvalue weighted by atomic mass is 35.5. The molecule has 49 heavy (non-hydrogen) atoms. The molecule has 2 aliphatic carbocycles. The molecule has 11 heteroatoms. The summed E-state index contributed by atoms with van der Waals surface area (Å²) in [5, 5.41) is 9.93. The molecule has 6 atom stereocenters. The summed E-state index contributed by atoms with van der Waals surface area (Å²) in [6.07, 6.45) is 9.97. The number of nitrogens with zero attached hydrogens (tertiary/aromatic N) is 4. The van der Waals surface area contributed by atoms with Crippen LogP contribution in [0.15, 0.2) is 52.9 Å². The van der Waals surface area contributed by atoms with Crippen LogP contribution in [0.5, 0.6) is 5.75 Å². The summed E-state index contributed by atoms with van der Waals surface area (Å²) in [7, 11) is -1.49. The number of ether oxygens (including phenoxy) is 2. The van der Waals surface area contributed by atoms with Crippen LogP contribution in [0.4, 0.5) is 5.69 Å². The zero-order chi connectivity index (χ0) is 34.3. The first-order valence-corrected chi connectivity index (χ1v) is 19.8. The Morgan fingerprint density at radius 2 is 2.04 bits per heavy atom. The number of amides is 2. The molecule has 3 aliphatic heterocycles. The van der Waals surface area contributed by atoms with Crippen molar-refractivity contribution < 1.29 is 23.3 Å². The SMILES string of the molecule is CO[C@H]1/C=C/C[C@H](C)C[S@@](=O)(CC(=O)N2CC(C#N)C2)=NC(=O)c2ccc3c(c2)N(C[C@@H]2CC[C@H]21)C[C@@]1(CCCc2cc(Cl)ccc21)CO3. The van der Waals surface area contributed by atoms with Crippen LogP contribution in [-0.2, 0) is 31.1 Å². The van der Waals surface area contributed by atoms with Crippen molar-refractivity contribution in [3.05, 3.63) is 70.3 Å². The van der Waals surface area contributed by atoms with Gasteiger partial charge in [-0.2, -0.15) is 9.62 Å². The Balaban J connectivity index is 1.28. The van der Waals surface area contributed by atoms with Crippen LogP contribution >= 0.6 is 11.6 Å². The van der Waals surface area contributed by atoms with E-state index in [4.69, 9.17) is 21.1 Å².